The number of hydrogen-bond donors (Lipinski definition) is 1. The predicted molar refractivity (Wildman–Crippen MR) is 73.6 cm³/mol. The van der Waals surface area contributed by atoms with Gasteiger partial charge in [0.2, 0.25) is 0 Å². The van der Waals surface area contributed by atoms with Gasteiger partial charge >= 0.3 is 0 Å². The molecule has 1 atom stereocenters. The molecule has 0 fully saturated rings. The summed E-state index contributed by atoms with van der Waals surface area (Å²) < 4.78 is 13.9. The van der Waals surface area contributed by atoms with Gasteiger partial charge in [0.1, 0.15) is 5.82 Å². The minimum Gasteiger partial charge on any atom is -0.320 e. The minimum absolute atomic E-state index is 0.350. The van der Waals surface area contributed by atoms with E-state index in [0.29, 0.717) is 12.1 Å². The Morgan fingerprint density at radius 3 is 2.72 bits per heavy atom. The molecule has 1 unspecified atom stereocenters. The molecular weight excluding hydrogens is 295 g/mol. The highest BCUT2D eigenvalue weighted by molar-refractivity contribution is 9.10. The van der Waals surface area contributed by atoms with Crippen LogP contribution >= 0.6 is 15.9 Å². The van der Waals surface area contributed by atoms with Crippen molar-refractivity contribution < 1.29 is 4.39 Å². The van der Waals surface area contributed by atoms with Crippen molar-refractivity contribution in [3.63, 3.8) is 0 Å². The molecule has 0 bridgehead atoms. The van der Waals surface area contributed by atoms with E-state index < -0.39 is 5.54 Å². The molecule has 0 spiro atoms. The molecule has 1 heterocycles. The molecule has 2 rings (SSSR count). The first kappa shape index (κ1) is 13.2. The predicted octanol–water partition coefficient (Wildman–Crippen LogP) is 3.40. The first-order chi connectivity index (χ1) is 8.47. The number of hydrogen-bond acceptors (Lipinski definition) is 2. The Balaban J connectivity index is 2.23. The highest BCUT2D eigenvalue weighted by Gasteiger charge is 2.23. The van der Waals surface area contributed by atoms with Crippen molar-refractivity contribution in [3.05, 3.63) is 64.1 Å². The Morgan fingerprint density at radius 2 is 2.11 bits per heavy atom. The highest BCUT2D eigenvalue weighted by Crippen LogP contribution is 2.22. The number of nitrogens with two attached hydrogens (primary N) is 1. The van der Waals surface area contributed by atoms with Crippen LogP contribution in [-0.2, 0) is 12.0 Å². The summed E-state index contributed by atoms with van der Waals surface area (Å²) in [7, 11) is 0. The number of pyridine rings is 1. The molecule has 1 aromatic carbocycles. The molecule has 0 aliphatic rings. The molecule has 2 nitrogen and oxygen atoms in total. The topological polar surface area (TPSA) is 38.9 Å². The fourth-order valence-corrected chi connectivity index (χ4v) is 2.32. The largest absolute Gasteiger partial charge is 0.320 e. The van der Waals surface area contributed by atoms with E-state index in [-0.39, 0.29) is 5.82 Å². The van der Waals surface area contributed by atoms with E-state index in [1.54, 1.807) is 6.07 Å². The molecule has 2 N–H and O–H groups in total. The van der Waals surface area contributed by atoms with Gasteiger partial charge in [0.15, 0.2) is 0 Å². The van der Waals surface area contributed by atoms with Gasteiger partial charge in [0, 0.05) is 4.47 Å². The summed E-state index contributed by atoms with van der Waals surface area (Å²) >= 11 is 3.43. The molecule has 0 aliphatic carbocycles. The zero-order valence-electron chi connectivity index (χ0n) is 10.0. The van der Waals surface area contributed by atoms with Crippen molar-refractivity contribution >= 4 is 15.9 Å². The van der Waals surface area contributed by atoms with Crippen molar-refractivity contribution in [3.8, 4) is 0 Å². The molecular formula is C14H14BrFN2. The van der Waals surface area contributed by atoms with Crippen LogP contribution in [0, 0.1) is 5.82 Å². The molecule has 94 valence electrons. The normalized spacial score (nSPS) is 14.2. The van der Waals surface area contributed by atoms with Gasteiger partial charge in [-0.2, -0.15) is 0 Å². The Kier molecular flexibility index (Phi) is 3.78. The van der Waals surface area contributed by atoms with Gasteiger partial charge in [-0.1, -0.05) is 28.1 Å². The third-order valence-corrected chi connectivity index (χ3v) is 3.27. The number of aromatic nitrogens is 1. The van der Waals surface area contributed by atoms with Gasteiger partial charge in [0.05, 0.1) is 17.4 Å². The van der Waals surface area contributed by atoms with E-state index in [4.69, 9.17) is 5.73 Å². The zero-order chi connectivity index (χ0) is 13.2. The fraction of sp³-hybridized carbons (Fsp3) is 0.214. The molecule has 0 saturated carbocycles. The van der Waals surface area contributed by atoms with Crippen LogP contribution < -0.4 is 5.73 Å². The lowest BCUT2D eigenvalue weighted by Crippen LogP contribution is -2.36. The average molecular weight is 309 g/mol. The molecule has 18 heavy (non-hydrogen) atoms. The van der Waals surface area contributed by atoms with Crippen LogP contribution in [-0.4, -0.2) is 4.98 Å². The van der Waals surface area contributed by atoms with Crippen LogP contribution in [0.3, 0.4) is 0 Å². The molecule has 0 radical (unpaired) electrons. The Labute approximate surface area is 114 Å². The summed E-state index contributed by atoms with van der Waals surface area (Å²) in [6, 6.07) is 11.0. The SMILES string of the molecule is CC(N)(Cc1cccc(Br)c1)c1ccc(F)cn1. The van der Waals surface area contributed by atoms with Crippen LogP contribution in [0.5, 0.6) is 0 Å². The maximum Gasteiger partial charge on any atom is 0.141 e. The smallest absolute Gasteiger partial charge is 0.141 e. The Hall–Kier alpha value is -1.26. The van der Waals surface area contributed by atoms with Crippen LogP contribution in [0.25, 0.3) is 0 Å². The molecule has 0 aliphatic heterocycles. The van der Waals surface area contributed by atoms with Gasteiger partial charge < -0.3 is 5.73 Å². The number of halogens is 2. The second-order valence-electron chi connectivity index (χ2n) is 4.59. The third-order valence-electron chi connectivity index (χ3n) is 2.77. The number of benzene rings is 1. The summed E-state index contributed by atoms with van der Waals surface area (Å²) in [5, 5.41) is 0. The molecule has 0 amide bonds. The van der Waals surface area contributed by atoms with E-state index in [2.05, 4.69) is 20.9 Å². The molecule has 1 aromatic heterocycles. The summed E-state index contributed by atoms with van der Waals surface area (Å²) in [6.07, 6.45) is 1.84. The summed E-state index contributed by atoms with van der Waals surface area (Å²) in [6.45, 7) is 1.90. The van der Waals surface area contributed by atoms with Gasteiger partial charge in [-0.3, -0.25) is 4.98 Å². The van der Waals surface area contributed by atoms with E-state index in [9.17, 15) is 4.39 Å². The van der Waals surface area contributed by atoms with Gasteiger partial charge in [-0.05, 0) is 43.2 Å². The molecule has 0 saturated heterocycles. The van der Waals surface area contributed by atoms with Gasteiger partial charge in [0.25, 0.3) is 0 Å². The van der Waals surface area contributed by atoms with Crippen LogP contribution in [0.1, 0.15) is 18.2 Å². The lowest BCUT2D eigenvalue weighted by Gasteiger charge is -2.24. The number of rotatable bonds is 3. The maximum absolute atomic E-state index is 12.8. The second-order valence-corrected chi connectivity index (χ2v) is 5.50. The van der Waals surface area contributed by atoms with E-state index in [0.717, 1.165) is 10.0 Å². The van der Waals surface area contributed by atoms with E-state index in [1.165, 1.54) is 12.3 Å². The Bertz CT molecular complexity index is 538. The Morgan fingerprint density at radius 1 is 1.33 bits per heavy atom. The van der Waals surface area contributed by atoms with Crippen LogP contribution in [0.2, 0.25) is 0 Å². The summed E-state index contributed by atoms with van der Waals surface area (Å²) in [5.74, 6) is -0.350. The highest BCUT2D eigenvalue weighted by atomic mass is 79.9. The summed E-state index contributed by atoms with van der Waals surface area (Å²) in [5.41, 5.74) is 7.45. The van der Waals surface area contributed by atoms with Gasteiger partial charge in [-0.15, -0.1) is 0 Å². The quantitative estimate of drug-likeness (QED) is 0.944. The molecule has 2 aromatic rings. The zero-order valence-corrected chi connectivity index (χ0v) is 11.6. The van der Waals surface area contributed by atoms with E-state index in [1.807, 2.05) is 31.2 Å². The third kappa shape index (κ3) is 3.15. The summed E-state index contributed by atoms with van der Waals surface area (Å²) in [4.78, 5) is 4.06. The minimum atomic E-state index is -0.617. The van der Waals surface area contributed by atoms with E-state index >= 15 is 0 Å². The lowest BCUT2D eigenvalue weighted by molar-refractivity contribution is 0.472. The van der Waals surface area contributed by atoms with Crippen LogP contribution in [0.4, 0.5) is 4.39 Å². The van der Waals surface area contributed by atoms with Gasteiger partial charge in [-0.25, -0.2) is 4.39 Å². The maximum atomic E-state index is 12.8. The number of nitrogens with zero attached hydrogens (tertiary/aromatic N) is 1. The first-order valence-electron chi connectivity index (χ1n) is 5.63. The first-order valence-corrected chi connectivity index (χ1v) is 6.42. The van der Waals surface area contributed by atoms with Crippen molar-refractivity contribution in [2.24, 2.45) is 5.73 Å². The van der Waals surface area contributed by atoms with Crippen molar-refractivity contribution in [1.82, 2.24) is 4.98 Å². The van der Waals surface area contributed by atoms with Crippen molar-refractivity contribution in [1.29, 1.82) is 0 Å². The monoisotopic (exact) mass is 308 g/mol. The average Bonchev–Trinajstić information content (AvgIpc) is 2.29. The lowest BCUT2D eigenvalue weighted by atomic mass is 9.90. The van der Waals surface area contributed by atoms with Crippen molar-refractivity contribution in [2.75, 3.05) is 0 Å². The second kappa shape index (κ2) is 5.16. The fourth-order valence-electron chi connectivity index (χ4n) is 1.88. The standard InChI is InChI=1S/C14H14BrFN2/c1-14(17,13-6-5-12(16)9-18-13)8-10-3-2-4-11(15)7-10/h2-7,9H,8,17H2,1H3. The molecule has 4 heteroatoms. The van der Waals surface area contributed by atoms with Crippen LogP contribution in [0.15, 0.2) is 47.1 Å². The van der Waals surface area contributed by atoms with Crippen molar-refractivity contribution in [2.45, 2.75) is 18.9 Å².